The molecule has 3 heteroatoms. The lowest BCUT2D eigenvalue weighted by atomic mass is 9.92. The van der Waals surface area contributed by atoms with E-state index in [0.717, 1.165) is 6.04 Å². The van der Waals surface area contributed by atoms with Crippen LogP contribution in [0.15, 0.2) is 0 Å². The average Bonchev–Trinajstić information content (AvgIpc) is 2.85. The predicted octanol–water partition coefficient (Wildman–Crippen LogP) is 2.45. The van der Waals surface area contributed by atoms with E-state index >= 15 is 0 Å². The minimum atomic E-state index is 0.413. The molecular formula is C16H33N3. The Morgan fingerprint density at radius 1 is 1.00 bits per heavy atom. The van der Waals surface area contributed by atoms with Crippen LogP contribution in [0.3, 0.4) is 0 Å². The normalized spacial score (nSPS) is 34.4. The molecule has 19 heavy (non-hydrogen) atoms. The highest BCUT2D eigenvalue weighted by Crippen LogP contribution is 2.25. The summed E-state index contributed by atoms with van der Waals surface area (Å²) in [4.78, 5) is 5.33. The van der Waals surface area contributed by atoms with Crippen molar-refractivity contribution in [1.29, 1.82) is 0 Å². The SMILES string of the molecule is CCN(CC)C1CCN(C2CCCCCCC2N)C1. The molecule has 1 aliphatic heterocycles. The van der Waals surface area contributed by atoms with Crippen molar-refractivity contribution in [3.63, 3.8) is 0 Å². The molecule has 1 saturated heterocycles. The monoisotopic (exact) mass is 267 g/mol. The molecule has 3 atom stereocenters. The summed E-state index contributed by atoms with van der Waals surface area (Å²) in [5, 5.41) is 0. The lowest BCUT2D eigenvalue weighted by molar-refractivity contribution is 0.155. The zero-order chi connectivity index (χ0) is 13.7. The molecule has 0 radical (unpaired) electrons. The summed E-state index contributed by atoms with van der Waals surface area (Å²) in [6.45, 7) is 9.46. The molecule has 2 aliphatic rings. The molecule has 2 rings (SSSR count). The number of nitrogens with two attached hydrogens (primary N) is 1. The van der Waals surface area contributed by atoms with E-state index < -0.39 is 0 Å². The Balaban J connectivity index is 1.90. The third-order valence-corrected chi connectivity index (χ3v) is 5.27. The first-order valence-corrected chi connectivity index (χ1v) is 8.50. The molecule has 1 heterocycles. The molecule has 0 spiro atoms. The van der Waals surface area contributed by atoms with Gasteiger partial charge in [0.15, 0.2) is 0 Å². The molecule has 1 aliphatic carbocycles. The fourth-order valence-corrected chi connectivity index (χ4v) is 4.05. The number of likely N-dealkylation sites (N-methyl/N-ethyl adjacent to an activating group) is 1. The second-order valence-corrected chi connectivity index (χ2v) is 6.38. The van der Waals surface area contributed by atoms with E-state index in [1.165, 1.54) is 71.1 Å². The topological polar surface area (TPSA) is 32.5 Å². The van der Waals surface area contributed by atoms with Crippen LogP contribution >= 0.6 is 0 Å². The van der Waals surface area contributed by atoms with Crippen molar-refractivity contribution in [1.82, 2.24) is 9.80 Å². The summed E-state index contributed by atoms with van der Waals surface area (Å²) in [6.07, 6.45) is 9.42. The Hall–Kier alpha value is -0.120. The van der Waals surface area contributed by atoms with Crippen molar-refractivity contribution >= 4 is 0 Å². The maximum Gasteiger partial charge on any atom is 0.0247 e. The summed E-state index contributed by atoms with van der Waals surface area (Å²) in [5.74, 6) is 0. The Kier molecular flexibility index (Phi) is 6.11. The van der Waals surface area contributed by atoms with E-state index in [0.29, 0.717) is 12.1 Å². The second-order valence-electron chi connectivity index (χ2n) is 6.38. The van der Waals surface area contributed by atoms with Crippen LogP contribution < -0.4 is 5.73 Å². The quantitative estimate of drug-likeness (QED) is 0.849. The highest BCUT2D eigenvalue weighted by molar-refractivity contribution is 4.91. The van der Waals surface area contributed by atoms with Crippen molar-refractivity contribution < 1.29 is 0 Å². The maximum atomic E-state index is 6.46. The van der Waals surface area contributed by atoms with Crippen molar-refractivity contribution in [3.8, 4) is 0 Å². The molecule has 0 bridgehead atoms. The molecule has 2 fully saturated rings. The van der Waals surface area contributed by atoms with Gasteiger partial charge in [-0.05, 0) is 32.4 Å². The van der Waals surface area contributed by atoms with Crippen LogP contribution in [0.25, 0.3) is 0 Å². The molecular weight excluding hydrogens is 234 g/mol. The number of nitrogens with zero attached hydrogens (tertiary/aromatic N) is 2. The fraction of sp³-hybridized carbons (Fsp3) is 1.00. The average molecular weight is 267 g/mol. The van der Waals surface area contributed by atoms with Crippen LogP contribution in [0.2, 0.25) is 0 Å². The minimum absolute atomic E-state index is 0.413. The lowest BCUT2D eigenvalue weighted by Crippen LogP contribution is -2.48. The highest BCUT2D eigenvalue weighted by Gasteiger charge is 2.33. The standard InChI is InChI=1S/C16H33N3/c1-3-18(4-2)14-11-12-19(13-14)16-10-8-6-5-7-9-15(16)17/h14-16H,3-13,17H2,1-2H3. The van der Waals surface area contributed by atoms with E-state index in [9.17, 15) is 0 Å². The van der Waals surface area contributed by atoms with E-state index in [2.05, 4.69) is 23.6 Å². The maximum absolute atomic E-state index is 6.46. The Morgan fingerprint density at radius 2 is 1.68 bits per heavy atom. The molecule has 0 aromatic carbocycles. The molecule has 3 nitrogen and oxygen atoms in total. The van der Waals surface area contributed by atoms with E-state index in [1.807, 2.05) is 0 Å². The van der Waals surface area contributed by atoms with Gasteiger partial charge in [-0.15, -0.1) is 0 Å². The van der Waals surface area contributed by atoms with Crippen molar-refractivity contribution in [2.75, 3.05) is 26.2 Å². The van der Waals surface area contributed by atoms with E-state index in [-0.39, 0.29) is 0 Å². The number of rotatable bonds is 4. The van der Waals surface area contributed by atoms with Crippen LogP contribution in [0.5, 0.6) is 0 Å². The molecule has 3 unspecified atom stereocenters. The van der Waals surface area contributed by atoms with Gasteiger partial charge >= 0.3 is 0 Å². The summed E-state index contributed by atoms with van der Waals surface area (Å²) < 4.78 is 0. The van der Waals surface area contributed by atoms with Crippen LogP contribution in [0.4, 0.5) is 0 Å². The number of likely N-dealkylation sites (tertiary alicyclic amines) is 1. The van der Waals surface area contributed by atoms with Crippen molar-refractivity contribution in [2.45, 2.75) is 76.9 Å². The van der Waals surface area contributed by atoms with Gasteiger partial charge < -0.3 is 5.73 Å². The van der Waals surface area contributed by atoms with E-state index in [4.69, 9.17) is 5.73 Å². The molecule has 0 aromatic heterocycles. The molecule has 0 amide bonds. The highest BCUT2D eigenvalue weighted by atomic mass is 15.3. The number of hydrogen-bond acceptors (Lipinski definition) is 3. The molecule has 112 valence electrons. The number of hydrogen-bond donors (Lipinski definition) is 1. The molecule has 0 aromatic rings. The van der Waals surface area contributed by atoms with E-state index in [1.54, 1.807) is 0 Å². The minimum Gasteiger partial charge on any atom is -0.326 e. The summed E-state index contributed by atoms with van der Waals surface area (Å²) >= 11 is 0. The van der Waals surface area contributed by atoms with Gasteiger partial charge in [-0.2, -0.15) is 0 Å². The first-order valence-electron chi connectivity index (χ1n) is 8.50. The summed E-state index contributed by atoms with van der Waals surface area (Å²) in [7, 11) is 0. The van der Waals surface area contributed by atoms with Crippen molar-refractivity contribution in [2.24, 2.45) is 5.73 Å². The van der Waals surface area contributed by atoms with Gasteiger partial charge in [-0.1, -0.05) is 39.5 Å². The first-order chi connectivity index (χ1) is 9.26. The Labute approximate surface area is 119 Å². The molecule has 1 saturated carbocycles. The summed E-state index contributed by atoms with van der Waals surface area (Å²) in [6, 6.07) is 1.84. The van der Waals surface area contributed by atoms with Crippen LogP contribution in [0, 0.1) is 0 Å². The van der Waals surface area contributed by atoms with Crippen LogP contribution in [0.1, 0.15) is 58.8 Å². The van der Waals surface area contributed by atoms with Gasteiger partial charge in [-0.3, -0.25) is 9.80 Å². The predicted molar refractivity (Wildman–Crippen MR) is 82.4 cm³/mol. The van der Waals surface area contributed by atoms with Gasteiger partial charge in [0.1, 0.15) is 0 Å². The van der Waals surface area contributed by atoms with Gasteiger partial charge in [0.25, 0.3) is 0 Å². The zero-order valence-corrected chi connectivity index (χ0v) is 13.0. The smallest absolute Gasteiger partial charge is 0.0247 e. The lowest BCUT2D eigenvalue weighted by Gasteiger charge is -2.35. The Morgan fingerprint density at radius 3 is 2.37 bits per heavy atom. The van der Waals surface area contributed by atoms with Gasteiger partial charge in [0.2, 0.25) is 0 Å². The third-order valence-electron chi connectivity index (χ3n) is 5.27. The largest absolute Gasteiger partial charge is 0.326 e. The first kappa shape index (κ1) is 15.3. The zero-order valence-electron chi connectivity index (χ0n) is 13.0. The summed E-state index contributed by atoms with van der Waals surface area (Å²) in [5.41, 5.74) is 6.46. The van der Waals surface area contributed by atoms with Gasteiger partial charge in [0, 0.05) is 31.2 Å². The molecule has 2 N–H and O–H groups in total. The van der Waals surface area contributed by atoms with Crippen molar-refractivity contribution in [3.05, 3.63) is 0 Å². The van der Waals surface area contributed by atoms with Crippen LogP contribution in [-0.4, -0.2) is 54.1 Å². The fourth-order valence-electron chi connectivity index (χ4n) is 4.05. The second kappa shape index (κ2) is 7.61. The third kappa shape index (κ3) is 3.93. The van der Waals surface area contributed by atoms with Crippen LogP contribution in [-0.2, 0) is 0 Å². The van der Waals surface area contributed by atoms with Gasteiger partial charge in [-0.25, -0.2) is 0 Å². The Bertz CT molecular complexity index is 252. The van der Waals surface area contributed by atoms with Gasteiger partial charge in [0.05, 0.1) is 0 Å².